The molecular formula is C15H21NO4S. The van der Waals surface area contributed by atoms with Crippen molar-refractivity contribution in [2.24, 2.45) is 0 Å². The van der Waals surface area contributed by atoms with Crippen molar-refractivity contribution < 1.29 is 19.4 Å². The number of alkyl carbamates (subject to hydrolysis) is 1. The van der Waals surface area contributed by atoms with Crippen LogP contribution in [-0.4, -0.2) is 34.6 Å². The summed E-state index contributed by atoms with van der Waals surface area (Å²) in [6, 6.07) is 9.14. The normalized spacial score (nSPS) is 12.5. The van der Waals surface area contributed by atoms with Crippen LogP contribution in [0.25, 0.3) is 0 Å². The van der Waals surface area contributed by atoms with E-state index in [0.717, 1.165) is 4.90 Å². The van der Waals surface area contributed by atoms with Crippen LogP contribution in [0.1, 0.15) is 27.2 Å². The van der Waals surface area contributed by atoms with Crippen LogP contribution < -0.4 is 5.32 Å². The molecule has 1 atom stereocenters. The predicted octanol–water partition coefficient (Wildman–Crippen LogP) is 3.15. The first kappa shape index (κ1) is 17.4. The summed E-state index contributed by atoms with van der Waals surface area (Å²) in [6.07, 6.45) is -0.735. The maximum absolute atomic E-state index is 11.7. The number of rotatable bonds is 6. The highest BCUT2D eigenvalue weighted by molar-refractivity contribution is 7.99. The van der Waals surface area contributed by atoms with E-state index in [1.54, 1.807) is 20.8 Å². The molecule has 0 saturated heterocycles. The summed E-state index contributed by atoms with van der Waals surface area (Å²) in [5.74, 6) is -0.486. The molecule has 0 bridgehead atoms. The Bertz CT molecular complexity index is 470. The number of hydrogen-bond acceptors (Lipinski definition) is 4. The molecule has 0 spiro atoms. The van der Waals surface area contributed by atoms with Crippen molar-refractivity contribution in [2.45, 2.75) is 43.7 Å². The third-order valence-corrected chi connectivity index (χ3v) is 3.51. The largest absolute Gasteiger partial charge is 0.481 e. The lowest BCUT2D eigenvalue weighted by atomic mass is 10.2. The van der Waals surface area contributed by atoms with Crippen molar-refractivity contribution in [3.8, 4) is 0 Å². The number of thioether (sulfide) groups is 1. The minimum atomic E-state index is -0.954. The molecule has 0 aliphatic heterocycles. The molecular weight excluding hydrogens is 290 g/mol. The number of benzene rings is 1. The van der Waals surface area contributed by atoms with Crippen molar-refractivity contribution in [2.75, 3.05) is 5.75 Å². The lowest BCUT2D eigenvalue weighted by molar-refractivity contribution is -0.137. The summed E-state index contributed by atoms with van der Waals surface area (Å²) in [5, 5.41) is 11.5. The van der Waals surface area contributed by atoms with Crippen LogP contribution in [0, 0.1) is 0 Å². The monoisotopic (exact) mass is 311 g/mol. The molecule has 1 rings (SSSR count). The number of aliphatic carboxylic acids is 1. The Morgan fingerprint density at radius 3 is 2.43 bits per heavy atom. The number of hydrogen-bond donors (Lipinski definition) is 2. The third kappa shape index (κ3) is 8.24. The number of carboxylic acids is 1. The predicted molar refractivity (Wildman–Crippen MR) is 82.6 cm³/mol. The first-order valence-electron chi connectivity index (χ1n) is 6.65. The van der Waals surface area contributed by atoms with Gasteiger partial charge in [0, 0.05) is 10.6 Å². The minimum Gasteiger partial charge on any atom is -0.481 e. The zero-order valence-electron chi connectivity index (χ0n) is 12.5. The summed E-state index contributed by atoms with van der Waals surface area (Å²) >= 11 is 1.50. The number of carboxylic acid groups (broad SMARTS) is 1. The molecule has 0 fully saturated rings. The smallest absolute Gasteiger partial charge is 0.407 e. The summed E-state index contributed by atoms with van der Waals surface area (Å²) in [7, 11) is 0. The SMILES string of the molecule is CC(C)(C)OC(=O)N[C@@H](CSc1ccccc1)CC(=O)O. The van der Waals surface area contributed by atoms with Gasteiger partial charge in [-0.25, -0.2) is 4.79 Å². The quantitative estimate of drug-likeness (QED) is 0.789. The van der Waals surface area contributed by atoms with Gasteiger partial charge in [-0.2, -0.15) is 0 Å². The molecule has 0 aromatic heterocycles. The molecule has 0 aliphatic rings. The minimum absolute atomic E-state index is 0.140. The highest BCUT2D eigenvalue weighted by Gasteiger charge is 2.21. The van der Waals surface area contributed by atoms with Gasteiger partial charge in [-0.05, 0) is 32.9 Å². The highest BCUT2D eigenvalue weighted by Crippen LogP contribution is 2.19. The fraction of sp³-hybridized carbons (Fsp3) is 0.467. The highest BCUT2D eigenvalue weighted by atomic mass is 32.2. The molecule has 5 nitrogen and oxygen atoms in total. The number of carbonyl (C=O) groups is 2. The van der Waals surface area contributed by atoms with Gasteiger partial charge in [-0.1, -0.05) is 18.2 Å². The Labute approximate surface area is 129 Å². The van der Waals surface area contributed by atoms with Gasteiger partial charge in [-0.3, -0.25) is 4.79 Å². The van der Waals surface area contributed by atoms with Gasteiger partial charge in [0.05, 0.1) is 12.5 Å². The number of carbonyl (C=O) groups excluding carboxylic acids is 1. The van der Waals surface area contributed by atoms with Crippen LogP contribution in [0.3, 0.4) is 0 Å². The molecule has 6 heteroatoms. The maximum Gasteiger partial charge on any atom is 0.407 e. The molecule has 116 valence electrons. The van der Waals surface area contributed by atoms with Crippen molar-refractivity contribution >= 4 is 23.8 Å². The van der Waals surface area contributed by atoms with Gasteiger partial charge < -0.3 is 15.2 Å². The summed E-state index contributed by atoms with van der Waals surface area (Å²) in [4.78, 5) is 23.6. The number of nitrogens with one attached hydrogen (secondary N) is 1. The van der Waals surface area contributed by atoms with Crippen molar-refractivity contribution in [3.05, 3.63) is 30.3 Å². The number of amides is 1. The second kappa shape index (κ2) is 7.93. The van der Waals surface area contributed by atoms with Crippen molar-refractivity contribution in [1.82, 2.24) is 5.32 Å². The van der Waals surface area contributed by atoms with Gasteiger partial charge in [0.2, 0.25) is 0 Å². The lowest BCUT2D eigenvalue weighted by Crippen LogP contribution is -2.41. The van der Waals surface area contributed by atoms with Crippen LogP contribution in [-0.2, 0) is 9.53 Å². The average Bonchev–Trinajstić information content (AvgIpc) is 2.34. The van der Waals surface area contributed by atoms with Gasteiger partial charge in [-0.15, -0.1) is 11.8 Å². The Balaban J connectivity index is 2.55. The van der Waals surface area contributed by atoms with E-state index in [9.17, 15) is 9.59 Å². The van der Waals surface area contributed by atoms with Crippen molar-refractivity contribution in [3.63, 3.8) is 0 Å². The van der Waals surface area contributed by atoms with E-state index >= 15 is 0 Å². The standard InChI is InChI=1S/C15H21NO4S/c1-15(2,3)20-14(19)16-11(9-13(17)18)10-21-12-7-5-4-6-8-12/h4-8,11H,9-10H2,1-3H3,(H,16,19)(H,17,18)/t11-/m1/s1. The average molecular weight is 311 g/mol. The maximum atomic E-state index is 11.7. The van der Waals surface area contributed by atoms with Crippen LogP contribution in [0.2, 0.25) is 0 Å². The van der Waals surface area contributed by atoms with Crippen LogP contribution >= 0.6 is 11.8 Å². The van der Waals surface area contributed by atoms with Crippen LogP contribution in [0.15, 0.2) is 35.2 Å². The molecule has 1 amide bonds. The fourth-order valence-corrected chi connectivity index (χ4v) is 2.49. The molecule has 1 aromatic carbocycles. The Kier molecular flexibility index (Phi) is 6.55. The fourth-order valence-electron chi connectivity index (χ4n) is 1.55. The third-order valence-electron chi connectivity index (χ3n) is 2.34. The van der Waals surface area contributed by atoms with E-state index in [2.05, 4.69) is 5.32 Å². The first-order chi connectivity index (χ1) is 9.76. The van der Waals surface area contributed by atoms with E-state index < -0.39 is 23.7 Å². The van der Waals surface area contributed by atoms with E-state index in [0.29, 0.717) is 5.75 Å². The molecule has 0 unspecified atom stereocenters. The Morgan fingerprint density at radius 1 is 1.29 bits per heavy atom. The second-order valence-electron chi connectivity index (χ2n) is 5.57. The van der Waals surface area contributed by atoms with Gasteiger partial charge in [0.25, 0.3) is 0 Å². The lowest BCUT2D eigenvalue weighted by Gasteiger charge is -2.22. The summed E-state index contributed by atoms with van der Waals surface area (Å²) in [5.41, 5.74) is -0.607. The zero-order valence-corrected chi connectivity index (χ0v) is 13.3. The van der Waals surface area contributed by atoms with Crippen molar-refractivity contribution in [1.29, 1.82) is 0 Å². The molecule has 1 aromatic rings. The van der Waals surface area contributed by atoms with E-state index in [4.69, 9.17) is 9.84 Å². The van der Waals surface area contributed by atoms with E-state index in [-0.39, 0.29) is 6.42 Å². The van der Waals surface area contributed by atoms with Gasteiger partial charge >= 0.3 is 12.1 Å². The Hall–Kier alpha value is -1.69. The molecule has 0 aliphatic carbocycles. The van der Waals surface area contributed by atoms with E-state index in [1.165, 1.54) is 11.8 Å². The summed E-state index contributed by atoms with van der Waals surface area (Å²) in [6.45, 7) is 5.28. The summed E-state index contributed by atoms with van der Waals surface area (Å²) < 4.78 is 5.15. The molecule has 2 N–H and O–H groups in total. The van der Waals surface area contributed by atoms with E-state index in [1.807, 2.05) is 30.3 Å². The zero-order chi connectivity index (χ0) is 15.9. The second-order valence-corrected chi connectivity index (χ2v) is 6.66. The van der Waals surface area contributed by atoms with Gasteiger partial charge in [0.15, 0.2) is 0 Å². The molecule has 0 heterocycles. The Morgan fingerprint density at radius 2 is 1.90 bits per heavy atom. The molecule has 0 saturated carbocycles. The first-order valence-corrected chi connectivity index (χ1v) is 7.64. The van der Waals surface area contributed by atoms with Gasteiger partial charge in [0.1, 0.15) is 5.60 Å². The topological polar surface area (TPSA) is 75.6 Å². The molecule has 0 radical (unpaired) electrons. The van der Waals surface area contributed by atoms with Crippen LogP contribution in [0.4, 0.5) is 4.79 Å². The molecule has 21 heavy (non-hydrogen) atoms. The van der Waals surface area contributed by atoms with Crippen LogP contribution in [0.5, 0.6) is 0 Å². The number of ether oxygens (including phenoxy) is 1.